The van der Waals surface area contributed by atoms with Crippen LogP contribution in [-0.4, -0.2) is 12.6 Å². The van der Waals surface area contributed by atoms with Crippen LogP contribution in [0.5, 0.6) is 0 Å². The second-order valence-corrected chi connectivity index (χ2v) is 16.0. The number of aromatic nitrogens is 1. The van der Waals surface area contributed by atoms with Gasteiger partial charge in [0.25, 0.3) is 0 Å². The van der Waals surface area contributed by atoms with Gasteiger partial charge >= 0.3 is 0 Å². The maximum atomic E-state index is 10.8. The molecule has 5 heteroatoms. The van der Waals surface area contributed by atoms with E-state index in [4.69, 9.17) is 6.57 Å². The molecule has 8 rings (SSSR count). The van der Waals surface area contributed by atoms with Gasteiger partial charge in [0, 0.05) is 16.5 Å². The molecule has 0 radical (unpaired) electrons. The summed E-state index contributed by atoms with van der Waals surface area (Å²) < 4.78 is 2.23. The molecule has 0 saturated heterocycles. The van der Waals surface area contributed by atoms with Crippen molar-refractivity contribution >= 4 is 56.3 Å². The summed E-state index contributed by atoms with van der Waals surface area (Å²) in [7, 11) is -3.12. The minimum absolute atomic E-state index is 0.339. The van der Waals surface area contributed by atoms with E-state index in [9.17, 15) is 10.5 Å². The van der Waals surface area contributed by atoms with E-state index in [0.717, 1.165) is 59.4 Å². The number of benzene rings is 7. The molecule has 0 aliphatic carbocycles. The van der Waals surface area contributed by atoms with E-state index in [-0.39, 0.29) is 0 Å². The van der Waals surface area contributed by atoms with Crippen LogP contribution in [0.3, 0.4) is 0 Å². The molecule has 50 heavy (non-hydrogen) atoms. The van der Waals surface area contributed by atoms with Crippen LogP contribution >= 0.6 is 0 Å². The van der Waals surface area contributed by atoms with Crippen molar-refractivity contribution < 1.29 is 0 Å². The zero-order valence-electron chi connectivity index (χ0n) is 27.0. The number of nitrogens with zero attached hydrogens (tertiary/aromatic N) is 4. The van der Waals surface area contributed by atoms with E-state index in [1.54, 1.807) is 0 Å². The van der Waals surface area contributed by atoms with Crippen LogP contribution in [-0.2, 0) is 0 Å². The van der Waals surface area contributed by atoms with Crippen LogP contribution in [0.2, 0.25) is 0 Å². The standard InChI is InChI=1S/C45H28N4Si/c1-48-42-28-34(33-14-13-15-35(27-33)49-43-23-12-11-22-39(43)40-26-32(30-46)24-25-44(40)49)29-45(41(42)31-47)50(36-16-5-2-6-17-36,37-18-7-3-8-19-37)38-20-9-4-10-21-38/h2-29H. The van der Waals surface area contributed by atoms with Crippen LogP contribution in [0.15, 0.2) is 170 Å². The number of hydrogen-bond donors (Lipinski definition) is 0. The zero-order chi connectivity index (χ0) is 34.1. The molecule has 0 N–H and O–H groups in total. The quantitative estimate of drug-likeness (QED) is 0.104. The van der Waals surface area contributed by atoms with Gasteiger partial charge in [-0.05, 0) is 74.3 Å². The van der Waals surface area contributed by atoms with Crippen molar-refractivity contribution in [3.05, 3.63) is 192 Å². The van der Waals surface area contributed by atoms with E-state index in [2.05, 4.69) is 131 Å². The van der Waals surface area contributed by atoms with E-state index in [1.165, 1.54) is 0 Å². The van der Waals surface area contributed by atoms with Crippen molar-refractivity contribution in [1.82, 2.24) is 4.57 Å². The molecule has 0 unspecified atom stereocenters. The van der Waals surface area contributed by atoms with Crippen LogP contribution in [0, 0.1) is 29.2 Å². The second kappa shape index (κ2) is 12.6. The highest BCUT2D eigenvalue weighted by molar-refractivity contribution is 7.20. The molecule has 8 aromatic rings. The fourth-order valence-corrected chi connectivity index (χ4v) is 12.4. The zero-order valence-corrected chi connectivity index (χ0v) is 28.0. The molecular formula is C45H28N4Si. The van der Waals surface area contributed by atoms with Gasteiger partial charge in [0.2, 0.25) is 5.69 Å². The normalized spacial score (nSPS) is 11.1. The minimum Gasteiger partial charge on any atom is -0.309 e. The third-order valence-corrected chi connectivity index (χ3v) is 14.4. The van der Waals surface area contributed by atoms with Gasteiger partial charge in [-0.2, -0.15) is 10.5 Å². The predicted octanol–water partition coefficient (Wildman–Crippen LogP) is 8.12. The lowest BCUT2D eigenvalue weighted by Crippen LogP contribution is -2.75. The van der Waals surface area contributed by atoms with Gasteiger partial charge in [-0.25, -0.2) is 4.85 Å². The Hall–Kier alpha value is -6.97. The van der Waals surface area contributed by atoms with Gasteiger partial charge in [-0.3, -0.25) is 0 Å². The molecule has 1 heterocycles. The summed E-state index contributed by atoms with van der Waals surface area (Å²) >= 11 is 0. The monoisotopic (exact) mass is 652 g/mol. The first-order chi connectivity index (χ1) is 24.7. The maximum Gasteiger partial charge on any atom is 0.205 e. The summed E-state index contributed by atoms with van der Waals surface area (Å²) in [5.74, 6) is 0. The fraction of sp³-hybridized carbons (Fsp3) is 0. The number of para-hydroxylation sites is 1. The molecule has 0 aliphatic rings. The van der Waals surface area contributed by atoms with Gasteiger partial charge in [-0.15, -0.1) is 0 Å². The van der Waals surface area contributed by atoms with Crippen LogP contribution in [0.4, 0.5) is 5.69 Å². The lowest BCUT2D eigenvalue weighted by molar-refractivity contribution is 1.18. The van der Waals surface area contributed by atoms with Gasteiger partial charge in [0.1, 0.15) is 0 Å². The van der Waals surface area contributed by atoms with E-state index >= 15 is 0 Å². The Morgan fingerprint density at radius 3 is 1.72 bits per heavy atom. The molecule has 0 fully saturated rings. The SMILES string of the molecule is [C-]#[N+]c1cc(-c2cccc(-n3c4ccccc4c4cc(C#N)ccc43)c2)cc([Si](c2ccccc2)(c2ccccc2)c2ccccc2)c1C#N. The number of rotatable bonds is 6. The highest BCUT2D eigenvalue weighted by Gasteiger charge is 2.43. The van der Waals surface area contributed by atoms with Crippen LogP contribution < -0.4 is 20.7 Å². The molecular weight excluding hydrogens is 625 g/mol. The molecule has 4 nitrogen and oxygen atoms in total. The molecule has 0 bridgehead atoms. The van der Waals surface area contributed by atoms with Gasteiger partial charge in [0.05, 0.1) is 40.9 Å². The topological polar surface area (TPSA) is 56.9 Å². The molecule has 7 aromatic carbocycles. The van der Waals surface area contributed by atoms with Crippen molar-refractivity contribution in [3.63, 3.8) is 0 Å². The van der Waals surface area contributed by atoms with E-state index in [1.807, 2.05) is 60.7 Å². The third-order valence-electron chi connectivity index (χ3n) is 9.61. The predicted molar refractivity (Wildman–Crippen MR) is 206 cm³/mol. The lowest BCUT2D eigenvalue weighted by atomic mass is 10.0. The Balaban J connectivity index is 1.43. The first-order valence-corrected chi connectivity index (χ1v) is 18.3. The summed E-state index contributed by atoms with van der Waals surface area (Å²) in [6.07, 6.45) is 0. The molecule has 1 aromatic heterocycles. The average molecular weight is 653 g/mol. The van der Waals surface area contributed by atoms with Gasteiger partial charge < -0.3 is 4.57 Å². The second-order valence-electron chi connectivity index (χ2n) is 12.2. The summed E-state index contributed by atoms with van der Waals surface area (Å²) in [4.78, 5) is 3.97. The van der Waals surface area contributed by atoms with E-state index < -0.39 is 8.07 Å². The summed E-state index contributed by atoms with van der Waals surface area (Å²) in [6.45, 7) is 8.29. The average Bonchev–Trinajstić information content (AvgIpc) is 3.53. The third kappa shape index (κ3) is 4.80. The Morgan fingerprint density at radius 2 is 1.12 bits per heavy atom. The molecule has 0 spiro atoms. The molecule has 0 atom stereocenters. The van der Waals surface area contributed by atoms with Crippen LogP contribution in [0.25, 0.3) is 43.5 Å². The first kappa shape index (κ1) is 30.4. The first-order valence-electron chi connectivity index (χ1n) is 16.3. The fourth-order valence-electron chi connectivity index (χ4n) is 7.47. The minimum atomic E-state index is -3.12. The van der Waals surface area contributed by atoms with Crippen molar-refractivity contribution in [2.75, 3.05) is 0 Å². The highest BCUT2D eigenvalue weighted by Crippen LogP contribution is 2.35. The van der Waals surface area contributed by atoms with Crippen molar-refractivity contribution in [3.8, 4) is 29.0 Å². The van der Waals surface area contributed by atoms with E-state index in [0.29, 0.717) is 16.8 Å². The summed E-state index contributed by atoms with van der Waals surface area (Å²) in [5.41, 5.74) is 6.20. The molecule has 0 amide bonds. The van der Waals surface area contributed by atoms with Gasteiger partial charge in [0.15, 0.2) is 8.07 Å². The number of fused-ring (bicyclic) bond motifs is 3. The van der Waals surface area contributed by atoms with Crippen LogP contribution in [0.1, 0.15) is 11.1 Å². The molecule has 232 valence electrons. The Kier molecular flexibility index (Phi) is 7.63. The number of hydrogen-bond acceptors (Lipinski definition) is 2. The van der Waals surface area contributed by atoms with Crippen molar-refractivity contribution in [1.29, 1.82) is 10.5 Å². The Bertz CT molecular complexity index is 2580. The van der Waals surface area contributed by atoms with Crippen molar-refractivity contribution in [2.45, 2.75) is 0 Å². The molecule has 0 aliphatic heterocycles. The van der Waals surface area contributed by atoms with Gasteiger partial charge in [-0.1, -0.05) is 127 Å². The smallest absolute Gasteiger partial charge is 0.205 e. The Morgan fingerprint density at radius 1 is 0.520 bits per heavy atom. The Labute approximate surface area is 291 Å². The maximum absolute atomic E-state index is 10.8. The summed E-state index contributed by atoms with van der Waals surface area (Å²) in [6, 6.07) is 62.6. The highest BCUT2D eigenvalue weighted by atomic mass is 28.3. The summed E-state index contributed by atoms with van der Waals surface area (Å²) in [5, 5.41) is 26.8. The number of nitriles is 2. The molecule has 0 saturated carbocycles. The largest absolute Gasteiger partial charge is 0.309 e. The van der Waals surface area contributed by atoms with Crippen molar-refractivity contribution in [2.24, 2.45) is 0 Å². The lowest BCUT2D eigenvalue weighted by Gasteiger charge is -2.35.